The van der Waals surface area contributed by atoms with E-state index in [9.17, 15) is 18.5 Å². The monoisotopic (exact) mass is 457 g/mol. The number of nitriles is 1. The zero-order valence-electron chi connectivity index (χ0n) is 17.7. The quantitative estimate of drug-likeness (QED) is 0.656. The van der Waals surface area contributed by atoms with Gasteiger partial charge in [-0.05, 0) is 62.1 Å². The van der Waals surface area contributed by atoms with E-state index in [4.69, 9.17) is 0 Å². The zero-order valence-corrected chi connectivity index (χ0v) is 19.3. The first-order valence-corrected chi connectivity index (χ1v) is 13.1. The molecule has 1 N–H and O–H groups in total. The van der Waals surface area contributed by atoms with E-state index in [0.29, 0.717) is 30.1 Å². The summed E-state index contributed by atoms with van der Waals surface area (Å²) in [7, 11) is -3.61. The second kappa shape index (κ2) is 9.11. The maximum atomic E-state index is 13.0. The lowest BCUT2D eigenvalue weighted by Crippen LogP contribution is -2.39. The average molecular weight is 458 g/mol. The molecule has 0 spiro atoms. The summed E-state index contributed by atoms with van der Waals surface area (Å²) in [6.45, 7) is 3.12. The molecule has 1 aromatic carbocycles. The number of piperidine rings is 1. The molecule has 1 saturated heterocycles. The lowest BCUT2D eigenvalue weighted by Gasteiger charge is -2.30. The number of thiophene rings is 1. The molecule has 1 aliphatic carbocycles. The third-order valence-corrected chi connectivity index (χ3v) is 9.22. The van der Waals surface area contributed by atoms with Crippen LogP contribution in [0.4, 0.5) is 5.00 Å². The Kier molecular flexibility index (Phi) is 6.47. The van der Waals surface area contributed by atoms with Crippen molar-refractivity contribution in [3.8, 4) is 6.07 Å². The summed E-state index contributed by atoms with van der Waals surface area (Å²) in [4.78, 5) is 14.2. The van der Waals surface area contributed by atoms with Crippen molar-refractivity contribution >= 4 is 32.1 Å². The number of carbonyl (C=O) groups excluding carboxylic acids is 1. The molecule has 0 saturated carbocycles. The Morgan fingerprint density at radius 1 is 1.29 bits per heavy atom. The Bertz CT molecular complexity index is 1130. The normalized spacial score (nSPS) is 19.4. The number of nitrogens with one attached hydrogen (secondary N) is 1. The fourth-order valence-corrected chi connectivity index (χ4v) is 7.30. The van der Waals surface area contributed by atoms with Crippen molar-refractivity contribution in [1.29, 1.82) is 5.26 Å². The smallest absolute Gasteiger partial charge is 0.243 e. The minimum Gasteiger partial charge on any atom is -0.368 e. The SMILES string of the molecule is CC1CCCN(S(=O)(=O)c2cccc(C(=O)CNc3sc4c(c3C#N)CCCC4)c2)C1. The highest BCUT2D eigenvalue weighted by Crippen LogP contribution is 2.37. The summed E-state index contributed by atoms with van der Waals surface area (Å²) >= 11 is 1.56. The van der Waals surface area contributed by atoms with E-state index < -0.39 is 10.0 Å². The number of ketones is 1. The van der Waals surface area contributed by atoms with Gasteiger partial charge in [0.2, 0.25) is 10.0 Å². The fraction of sp³-hybridized carbons (Fsp3) is 0.478. The van der Waals surface area contributed by atoms with Crippen molar-refractivity contribution in [2.45, 2.75) is 50.3 Å². The van der Waals surface area contributed by atoms with E-state index in [1.54, 1.807) is 29.5 Å². The molecule has 0 amide bonds. The van der Waals surface area contributed by atoms with E-state index >= 15 is 0 Å². The first kappa shape index (κ1) is 22.0. The Morgan fingerprint density at radius 2 is 2.10 bits per heavy atom. The van der Waals surface area contributed by atoms with Crippen molar-refractivity contribution in [2.75, 3.05) is 25.0 Å². The van der Waals surface area contributed by atoms with Crippen LogP contribution < -0.4 is 5.32 Å². The largest absolute Gasteiger partial charge is 0.368 e. The van der Waals surface area contributed by atoms with E-state index in [0.717, 1.165) is 49.1 Å². The van der Waals surface area contributed by atoms with Crippen LogP contribution in [0.1, 0.15) is 59.0 Å². The van der Waals surface area contributed by atoms with Crippen LogP contribution in [-0.4, -0.2) is 38.1 Å². The molecule has 0 radical (unpaired) electrons. The van der Waals surface area contributed by atoms with Crippen LogP contribution in [0.5, 0.6) is 0 Å². The van der Waals surface area contributed by atoms with E-state index in [1.807, 2.05) is 0 Å². The average Bonchev–Trinajstić information content (AvgIpc) is 3.15. The molecule has 1 aliphatic heterocycles. The number of hydrogen-bond donors (Lipinski definition) is 1. The number of fused-ring (bicyclic) bond motifs is 1. The summed E-state index contributed by atoms with van der Waals surface area (Å²) < 4.78 is 27.6. The van der Waals surface area contributed by atoms with Crippen LogP contribution >= 0.6 is 11.3 Å². The molecule has 2 heterocycles. The molecule has 31 heavy (non-hydrogen) atoms. The van der Waals surface area contributed by atoms with Crippen molar-refractivity contribution < 1.29 is 13.2 Å². The van der Waals surface area contributed by atoms with E-state index in [-0.39, 0.29) is 17.2 Å². The van der Waals surface area contributed by atoms with Crippen LogP contribution in [-0.2, 0) is 22.9 Å². The number of benzene rings is 1. The molecule has 4 rings (SSSR count). The third kappa shape index (κ3) is 4.54. The van der Waals surface area contributed by atoms with Gasteiger partial charge in [0.25, 0.3) is 0 Å². The minimum absolute atomic E-state index is 0.0261. The van der Waals surface area contributed by atoms with E-state index in [1.165, 1.54) is 15.2 Å². The Balaban J connectivity index is 1.49. The van der Waals surface area contributed by atoms with Crippen LogP contribution in [0, 0.1) is 17.2 Å². The van der Waals surface area contributed by atoms with Gasteiger partial charge in [-0.1, -0.05) is 19.1 Å². The summed E-state index contributed by atoms with van der Waals surface area (Å²) in [5.41, 5.74) is 2.14. The van der Waals surface area contributed by atoms with Crippen LogP contribution in [0.25, 0.3) is 0 Å². The number of anilines is 1. The van der Waals surface area contributed by atoms with Gasteiger partial charge in [0.05, 0.1) is 17.0 Å². The highest BCUT2D eigenvalue weighted by Gasteiger charge is 2.29. The lowest BCUT2D eigenvalue weighted by molar-refractivity contribution is 0.101. The second-order valence-electron chi connectivity index (χ2n) is 8.44. The van der Waals surface area contributed by atoms with Crippen molar-refractivity contribution in [3.63, 3.8) is 0 Å². The standard InChI is InChI=1S/C23H27N3O3S2/c1-16-6-5-11-26(15-16)31(28,29)18-8-4-7-17(12-18)21(27)14-25-23-20(13-24)19-9-2-3-10-22(19)30-23/h4,7-8,12,16,25H,2-3,5-6,9-11,14-15H2,1H3. The number of sulfonamides is 1. The molecule has 1 unspecified atom stereocenters. The number of aryl methyl sites for hydroxylation is 1. The van der Waals surface area contributed by atoms with Gasteiger partial charge in [-0.3, -0.25) is 4.79 Å². The van der Waals surface area contributed by atoms with Crippen molar-refractivity contribution in [3.05, 3.63) is 45.8 Å². The van der Waals surface area contributed by atoms with Gasteiger partial charge >= 0.3 is 0 Å². The predicted octanol–water partition coefficient (Wildman–Crippen LogP) is 4.21. The molecular formula is C23H27N3O3S2. The molecule has 1 aromatic heterocycles. The summed E-state index contributed by atoms with van der Waals surface area (Å²) in [5, 5.41) is 13.5. The zero-order chi connectivity index (χ0) is 22.0. The van der Waals surface area contributed by atoms with Crippen LogP contribution in [0.15, 0.2) is 29.2 Å². The molecule has 1 fully saturated rings. The number of Topliss-reactive ketones (excluding diaryl/α,β-unsaturated/α-hetero) is 1. The maximum absolute atomic E-state index is 13.0. The minimum atomic E-state index is -3.61. The van der Waals surface area contributed by atoms with Gasteiger partial charge in [0, 0.05) is 23.5 Å². The van der Waals surface area contributed by atoms with Gasteiger partial charge < -0.3 is 5.32 Å². The van der Waals surface area contributed by atoms with Gasteiger partial charge in [-0.2, -0.15) is 9.57 Å². The molecule has 0 bridgehead atoms. The summed E-state index contributed by atoms with van der Waals surface area (Å²) in [5.74, 6) is 0.141. The second-order valence-corrected chi connectivity index (χ2v) is 11.5. The molecule has 2 aliphatic rings. The Morgan fingerprint density at radius 3 is 2.87 bits per heavy atom. The molecule has 2 aromatic rings. The first-order valence-electron chi connectivity index (χ1n) is 10.8. The highest BCUT2D eigenvalue weighted by molar-refractivity contribution is 7.89. The third-order valence-electron chi connectivity index (χ3n) is 6.11. The lowest BCUT2D eigenvalue weighted by atomic mass is 9.96. The predicted molar refractivity (Wildman–Crippen MR) is 122 cm³/mol. The van der Waals surface area contributed by atoms with Crippen molar-refractivity contribution in [1.82, 2.24) is 4.31 Å². The Hall–Kier alpha value is -2.21. The summed E-state index contributed by atoms with van der Waals surface area (Å²) in [6.07, 6.45) is 6.02. The van der Waals surface area contributed by atoms with Crippen molar-refractivity contribution in [2.24, 2.45) is 5.92 Å². The van der Waals surface area contributed by atoms with Crippen LogP contribution in [0.2, 0.25) is 0 Å². The van der Waals surface area contributed by atoms with E-state index in [2.05, 4.69) is 18.3 Å². The number of rotatable bonds is 6. The summed E-state index contributed by atoms with van der Waals surface area (Å²) in [6, 6.07) is 8.59. The molecule has 1 atom stereocenters. The van der Waals surface area contributed by atoms with Gasteiger partial charge in [-0.15, -0.1) is 11.3 Å². The Labute approximate surface area is 187 Å². The number of hydrogen-bond acceptors (Lipinski definition) is 6. The highest BCUT2D eigenvalue weighted by atomic mass is 32.2. The molecule has 8 heteroatoms. The molecular weight excluding hydrogens is 430 g/mol. The molecule has 6 nitrogen and oxygen atoms in total. The fourth-order valence-electron chi connectivity index (χ4n) is 4.41. The van der Waals surface area contributed by atoms with Gasteiger partial charge in [-0.25, -0.2) is 8.42 Å². The number of nitrogens with zero attached hydrogens (tertiary/aromatic N) is 2. The first-order chi connectivity index (χ1) is 14.9. The van der Waals surface area contributed by atoms with Gasteiger partial charge in [0.15, 0.2) is 5.78 Å². The number of carbonyl (C=O) groups is 1. The molecule has 164 valence electrons. The van der Waals surface area contributed by atoms with Gasteiger partial charge in [0.1, 0.15) is 11.1 Å². The topological polar surface area (TPSA) is 90.3 Å². The maximum Gasteiger partial charge on any atom is 0.243 e. The van der Waals surface area contributed by atoms with Crippen LogP contribution in [0.3, 0.4) is 0 Å².